The molecule has 0 fully saturated rings. The van der Waals surface area contributed by atoms with Gasteiger partial charge in [0.1, 0.15) is 11.5 Å². The van der Waals surface area contributed by atoms with Crippen molar-refractivity contribution in [2.24, 2.45) is 0 Å². The maximum absolute atomic E-state index is 11.0. The van der Waals surface area contributed by atoms with Crippen LogP contribution in [0.2, 0.25) is 0 Å². The second kappa shape index (κ2) is 2.02. The Labute approximate surface area is 64.0 Å². The van der Waals surface area contributed by atoms with E-state index in [0.717, 1.165) is 0 Å². The highest BCUT2D eigenvalue weighted by Gasteiger charge is 2.27. The monoisotopic (exact) mass is 171 g/mol. The van der Waals surface area contributed by atoms with E-state index in [9.17, 15) is 8.42 Å². The first kappa shape index (κ1) is 6.75. The number of nitrogens with zero attached hydrogens (tertiary/aromatic N) is 1. The first-order chi connectivity index (χ1) is 5.20. The molecule has 0 radical (unpaired) electrons. The van der Waals surface area contributed by atoms with Crippen LogP contribution in [0.15, 0.2) is 23.2 Å². The quantitative estimate of drug-likeness (QED) is 0.527. The number of fused-ring (bicyclic) bond motifs is 1. The molecule has 0 aliphatic carbocycles. The summed E-state index contributed by atoms with van der Waals surface area (Å²) < 4.78 is 26.5. The zero-order chi connectivity index (χ0) is 7.90. The van der Waals surface area contributed by atoms with Crippen molar-refractivity contribution in [3.63, 3.8) is 0 Å². The minimum absolute atomic E-state index is 0.0680. The fraction of sp³-hybridized carbons (Fsp3) is 0.167. The SMILES string of the molecule is O=S1(=O)OCc2ncccc21. The molecule has 58 valence electrons. The smallest absolute Gasteiger partial charge is 0.260 e. The van der Waals surface area contributed by atoms with Gasteiger partial charge in [-0.3, -0.25) is 9.17 Å². The van der Waals surface area contributed by atoms with Crippen LogP contribution in [0, 0.1) is 0 Å². The van der Waals surface area contributed by atoms with Gasteiger partial charge in [-0.05, 0) is 12.1 Å². The van der Waals surface area contributed by atoms with Crippen LogP contribution in [0.5, 0.6) is 0 Å². The third kappa shape index (κ3) is 0.928. The number of pyridine rings is 1. The average Bonchev–Trinajstić information content (AvgIpc) is 2.29. The lowest BCUT2D eigenvalue weighted by atomic mass is 10.4. The highest BCUT2D eigenvalue weighted by Crippen LogP contribution is 2.23. The maximum Gasteiger partial charge on any atom is 0.299 e. The van der Waals surface area contributed by atoms with Crippen molar-refractivity contribution >= 4 is 10.1 Å². The third-order valence-corrected chi connectivity index (χ3v) is 2.81. The molecule has 2 heterocycles. The Bertz CT molecular complexity index is 385. The Balaban J connectivity index is 2.75. The molecule has 0 saturated heterocycles. The van der Waals surface area contributed by atoms with E-state index in [1.54, 1.807) is 12.3 Å². The van der Waals surface area contributed by atoms with Gasteiger partial charge in [-0.15, -0.1) is 0 Å². The molecule has 0 bridgehead atoms. The summed E-state index contributed by atoms with van der Waals surface area (Å²) in [6.07, 6.45) is 1.54. The Morgan fingerprint density at radius 3 is 3.09 bits per heavy atom. The van der Waals surface area contributed by atoms with E-state index in [1.807, 2.05) is 0 Å². The van der Waals surface area contributed by atoms with Gasteiger partial charge in [-0.25, -0.2) is 0 Å². The van der Waals surface area contributed by atoms with Gasteiger partial charge in [0.05, 0.1) is 5.69 Å². The number of hydrogen-bond acceptors (Lipinski definition) is 4. The molecular formula is C6H5NO3S. The van der Waals surface area contributed by atoms with Crippen molar-refractivity contribution in [2.75, 3.05) is 0 Å². The van der Waals surface area contributed by atoms with Crippen molar-refractivity contribution in [3.05, 3.63) is 24.0 Å². The molecule has 0 saturated carbocycles. The minimum Gasteiger partial charge on any atom is -0.260 e. The Morgan fingerprint density at radius 2 is 2.36 bits per heavy atom. The second-order valence-corrected chi connectivity index (χ2v) is 3.75. The summed E-state index contributed by atoms with van der Waals surface area (Å²) in [5, 5.41) is 0. The van der Waals surface area contributed by atoms with Gasteiger partial charge in [0.2, 0.25) is 0 Å². The molecule has 1 aromatic rings. The average molecular weight is 171 g/mol. The molecule has 0 aromatic carbocycles. The molecule has 1 aliphatic heterocycles. The molecule has 0 N–H and O–H groups in total. The summed E-state index contributed by atoms with van der Waals surface area (Å²) in [6.45, 7) is 0.0680. The standard InChI is InChI=1S/C6H5NO3S/c8-11(9)6-2-1-3-7-5(6)4-10-11/h1-3H,4H2. The third-order valence-electron chi connectivity index (χ3n) is 1.47. The van der Waals surface area contributed by atoms with Crippen molar-refractivity contribution in [1.82, 2.24) is 4.98 Å². The molecule has 5 heteroatoms. The van der Waals surface area contributed by atoms with Crippen LogP contribution in [0.3, 0.4) is 0 Å². The number of hydrogen-bond donors (Lipinski definition) is 0. The predicted molar refractivity (Wildman–Crippen MR) is 36.2 cm³/mol. The first-order valence-corrected chi connectivity index (χ1v) is 4.44. The van der Waals surface area contributed by atoms with Crippen LogP contribution < -0.4 is 0 Å². The van der Waals surface area contributed by atoms with Gasteiger partial charge in [-0.1, -0.05) is 0 Å². The lowest BCUT2D eigenvalue weighted by Gasteiger charge is -1.90. The zero-order valence-corrected chi connectivity index (χ0v) is 6.34. The predicted octanol–water partition coefficient (Wildman–Crippen LogP) is 0.301. The van der Waals surface area contributed by atoms with E-state index in [4.69, 9.17) is 0 Å². The van der Waals surface area contributed by atoms with E-state index in [0.29, 0.717) is 5.69 Å². The van der Waals surface area contributed by atoms with Gasteiger partial charge < -0.3 is 0 Å². The second-order valence-electron chi connectivity index (χ2n) is 2.16. The van der Waals surface area contributed by atoms with Crippen LogP contribution in [-0.4, -0.2) is 13.4 Å². The molecular weight excluding hydrogens is 166 g/mol. The Kier molecular flexibility index (Phi) is 1.24. The van der Waals surface area contributed by atoms with Gasteiger partial charge in [0.15, 0.2) is 0 Å². The van der Waals surface area contributed by atoms with Crippen LogP contribution in [0.1, 0.15) is 5.69 Å². The van der Waals surface area contributed by atoms with Gasteiger partial charge >= 0.3 is 0 Å². The van der Waals surface area contributed by atoms with Crippen LogP contribution in [-0.2, 0) is 20.9 Å². The molecule has 0 amide bonds. The highest BCUT2D eigenvalue weighted by molar-refractivity contribution is 7.87. The van der Waals surface area contributed by atoms with Crippen LogP contribution in [0.4, 0.5) is 0 Å². The lowest BCUT2D eigenvalue weighted by Crippen LogP contribution is -1.95. The topological polar surface area (TPSA) is 56.3 Å². The molecule has 0 atom stereocenters. The van der Waals surface area contributed by atoms with Crippen molar-refractivity contribution in [1.29, 1.82) is 0 Å². The number of aromatic nitrogens is 1. The van der Waals surface area contributed by atoms with E-state index < -0.39 is 10.1 Å². The summed E-state index contributed by atoms with van der Waals surface area (Å²) in [6, 6.07) is 3.07. The highest BCUT2D eigenvalue weighted by atomic mass is 32.2. The largest absolute Gasteiger partial charge is 0.299 e. The van der Waals surface area contributed by atoms with Gasteiger partial charge in [-0.2, -0.15) is 8.42 Å². The summed E-state index contributed by atoms with van der Waals surface area (Å²) in [5.41, 5.74) is 0.493. The van der Waals surface area contributed by atoms with Gasteiger partial charge in [0, 0.05) is 6.20 Å². The fourth-order valence-corrected chi connectivity index (χ4v) is 2.00. The number of rotatable bonds is 0. The van der Waals surface area contributed by atoms with Crippen molar-refractivity contribution < 1.29 is 12.6 Å². The van der Waals surface area contributed by atoms with E-state index in [2.05, 4.69) is 9.17 Å². The van der Waals surface area contributed by atoms with E-state index >= 15 is 0 Å². The van der Waals surface area contributed by atoms with Crippen molar-refractivity contribution in [3.8, 4) is 0 Å². The van der Waals surface area contributed by atoms with Crippen LogP contribution >= 0.6 is 0 Å². The maximum atomic E-state index is 11.0. The minimum atomic E-state index is -3.47. The molecule has 4 nitrogen and oxygen atoms in total. The van der Waals surface area contributed by atoms with E-state index in [1.165, 1.54) is 6.07 Å². The summed E-state index contributed by atoms with van der Waals surface area (Å²) in [5.74, 6) is 0. The van der Waals surface area contributed by atoms with E-state index in [-0.39, 0.29) is 11.5 Å². The summed E-state index contributed by atoms with van der Waals surface area (Å²) in [7, 11) is -3.47. The van der Waals surface area contributed by atoms with Crippen molar-refractivity contribution in [2.45, 2.75) is 11.5 Å². The molecule has 1 aliphatic rings. The normalized spacial score (nSPS) is 19.6. The lowest BCUT2D eigenvalue weighted by molar-refractivity contribution is 0.324. The molecule has 1 aromatic heterocycles. The Morgan fingerprint density at radius 1 is 1.55 bits per heavy atom. The van der Waals surface area contributed by atoms with Gasteiger partial charge in [0.25, 0.3) is 10.1 Å². The first-order valence-electron chi connectivity index (χ1n) is 3.03. The fourth-order valence-electron chi connectivity index (χ4n) is 0.956. The molecule has 0 spiro atoms. The molecule has 11 heavy (non-hydrogen) atoms. The Hall–Kier alpha value is -0.940. The zero-order valence-electron chi connectivity index (χ0n) is 5.52. The summed E-state index contributed by atoms with van der Waals surface area (Å²) in [4.78, 5) is 4.05. The summed E-state index contributed by atoms with van der Waals surface area (Å²) >= 11 is 0. The molecule has 2 rings (SSSR count). The van der Waals surface area contributed by atoms with Crippen LogP contribution in [0.25, 0.3) is 0 Å². The molecule has 0 unspecified atom stereocenters.